The van der Waals surface area contributed by atoms with E-state index in [0.29, 0.717) is 17.8 Å². The van der Waals surface area contributed by atoms with Crippen molar-refractivity contribution in [2.24, 2.45) is 17.8 Å². The Labute approximate surface area is 92.2 Å². The van der Waals surface area contributed by atoms with Gasteiger partial charge in [0.05, 0.1) is 6.61 Å². The normalized spacial score (nSPS) is 35.7. The van der Waals surface area contributed by atoms with Crippen LogP contribution in [0.1, 0.15) is 25.7 Å². The van der Waals surface area contributed by atoms with Crippen molar-refractivity contribution in [3.63, 3.8) is 0 Å². The summed E-state index contributed by atoms with van der Waals surface area (Å²) < 4.78 is 0. The van der Waals surface area contributed by atoms with E-state index >= 15 is 0 Å². The monoisotopic (exact) mass is 204 g/mol. The van der Waals surface area contributed by atoms with Crippen LogP contribution in [-0.4, -0.2) is 11.7 Å². The van der Waals surface area contributed by atoms with Gasteiger partial charge in [-0.1, -0.05) is 24.3 Å². The highest BCUT2D eigenvalue weighted by Gasteiger charge is 2.34. The number of hydrogen-bond donors (Lipinski definition) is 1. The molecular weight excluding hydrogens is 184 g/mol. The highest BCUT2D eigenvalue weighted by Crippen LogP contribution is 2.45. The van der Waals surface area contributed by atoms with Gasteiger partial charge in [0.25, 0.3) is 0 Å². The maximum Gasteiger partial charge on any atom is 0.0641 e. The van der Waals surface area contributed by atoms with E-state index in [1.165, 1.54) is 24.0 Å². The lowest BCUT2D eigenvalue weighted by Crippen LogP contribution is -2.30. The van der Waals surface area contributed by atoms with Gasteiger partial charge in [0.2, 0.25) is 0 Å². The zero-order chi connectivity index (χ0) is 10.8. The molecule has 3 atom stereocenters. The average molecular weight is 204 g/mol. The topological polar surface area (TPSA) is 20.2 Å². The van der Waals surface area contributed by atoms with E-state index in [9.17, 15) is 5.11 Å². The predicted molar refractivity (Wildman–Crippen MR) is 63.4 cm³/mol. The second kappa shape index (κ2) is 4.36. The van der Waals surface area contributed by atoms with Gasteiger partial charge < -0.3 is 5.11 Å². The molecule has 2 aliphatic rings. The molecule has 15 heavy (non-hydrogen) atoms. The highest BCUT2D eigenvalue weighted by atomic mass is 16.3. The number of hydrogen-bond acceptors (Lipinski definition) is 1. The number of aliphatic hydroxyl groups excluding tert-OH is 1. The first-order valence-electron chi connectivity index (χ1n) is 5.87. The van der Waals surface area contributed by atoms with Gasteiger partial charge in [-0.25, -0.2) is 0 Å². The fourth-order valence-electron chi connectivity index (χ4n) is 3.04. The lowest BCUT2D eigenvalue weighted by Gasteiger charge is -2.40. The third-order valence-electron chi connectivity index (χ3n) is 3.99. The molecule has 0 aromatic rings. The molecule has 0 spiro atoms. The summed E-state index contributed by atoms with van der Waals surface area (Å²) in [6, 6.07) is 0. The van der Waals surface area contributed by atoms with Crippen molar-refractivity contribution in [2.45, 2.75) is 25.7 Å². The zero-order valence-electron chi connectivity index (χ0n) is 9.28. The second-order valence-electron chi connectivity index (χ2n) is 4.80. The van der Waals surface area contributed by atoms with Crippen LogP contribution in [0, 0.1) is 17.8 Å². The van der Waals surface area contributed by atoms with Crippen molar-refractivity contribution in [2.75, 3.05) is 6.61 Å². The summed E-state index contributed by atoms with van der Waals surface area (Å²) in [7, 11) is 0. The van der Waals surface area contributed by atoms with Crippen LogP contribution >= 0.6 is 0 Å². The Balaban J connectivity index is 2.24. The first kappa shape index (κ1) is 10.7. The molecule has 0 aliphatic heterocycles. The molecule has 0 saturated heterocycles. The molecule has 2 aliphatic carbocycles. The van der Waals surface area contributed by atoms with Crippen molar-refractivity contribution in [1.82, 2.24) is 0 Å². The molecule has 1 N–H and O–H groups in total. The SMILES string of the molecule is C=CC1CCC(=C)C2CCC(CO)=CC12. The van der Waals surface area contributed by atoms with Gasteiger partial charge in [-0.15, -0.1) is 6.58 Å². The van der Waals surface area contributed by atoms with Crippen LogP contribution in [0.15, 0.2) is 36.5 Å². The average Bonchev–Trinajstić information content (AvgIpc) is 2.29. The molecule has 0 aromatic carbocycles. The fourth-order valence-corrected chi connectivity index (χ4v) is 3.04. The number of fused-ring (bicyclic) bond motifs is 1. The van der Waals surface area contributed by atoms with Gasteiger partial charge in [0.15, 0.2) is 0 Å². The Bertz CT molecular complexity index is 300. The Hall–Kier alpha value is -0.820. The van der Waals surface area contributed by atoms with Crippen molar-refractivity contribution >= 4 is 0 Å². The van der Waals surface area contributed by atoms with Crippen LogP contribution in [0.25, 0.3) is 0 Å². The summed E-state index contributed by atoms with van der Waals surface area (Å²) in [4.78, 5) is 0. The van der Waals surface area contributed by atoms with Gasteiger partial charge in [-0.05, 0) is 49.0 Å². The highest BCUT2D eigenvalue weighted by molar-refractivity contribution is 5.21. The molecule has 0 amide bonds. The molecule has 0 heterocycles. The number of allylic oxidation sites excluding steroid dienone is 3. The Kier molecular flexibility index (Phi) is 3.11. The van der Waals surface area contributed by atoms with Crippen molar-refractivity contribution < 1.29 is 5.11 Å². The lowest BCUT2D eigenvalue weighted by molar-refractivity contribution is 0.252. The molecule has 3 unspecified atom stereocenters. The predicted octanol–water partition coefficient (Wildman–Crippen LogP) is 3.08. The lowest BCUT2D eigenvalue weighted by atomic mass is 9.65. The molecule has 0 radical (unpaired) electrons. The molecule has 1 heteroatoms. The minimum absolute atomic E-state index is 0.222. The molecule has 1 nitrogen and oxygen atoms in total. The molecule has 1 fully saturated rings. The van der Waals surface area contributed by atoms with Crippen molar-refractivity contribution in [3.8, 4) is 0 Å². The fraction of sp³-hybridized carbons (Fsp3) is 0.571. The van der Waals surface area contributed by atoms with Gasteiger partial charge >= 0.3 is 0 Å². The molecular formula is C14H20O. The summed E-state index contributed by atoms with van der Waals surface area (Å²) in [5, 5.41) is 9.19. The van der Waals surface area contributed by atoms with E-state index in [2.05, 4.69) is 25.3 Å². The van der Waals surface area contributed by atoms with E-state index in [1.807, 2.05) is 0 Å². The first-order valence-corrected chi connectivity index (χ1v) is 5.87. The second-order valence-corrected chi connectivity index (χ2v) is 4.80. The van der Waals surface area contributed by atoms with Crippen molar-refractivity contribution in [1.29, 1.82) is 0 Å². The minimum Gasteiger partial charge on any atom is -0.392 e. The molecule has 0 aromatic heterocycles. The summed E-state index contributed by atoms with van der Waals surface area (Å²) in [6.07, 6.45) is 8.91. The summed E-state index contributed by atoms with van der Waals surface area (Å²) >= 11 is 0. The molecule has 82 valence electrons. The Morgan fingerprint density at radius 3 is 2.87 bits per heavy atom. The van der Waals surface area contributed by atoms with Crippen LogP contribution in [-0.2, 0) is 0 Å². The summed E-state index contributed by atoms with van der Waals surface area (Å²) in [5.41, 5.74) is 2.61. The standard InChI is InChI=1S/C14H20O/c1-3-12-6-4-10(2)13-7-5-11(9-15)8-14(12)13/h3,8,12-15H,1-2,4-7,9H2. The third kappa shape index (κ3) is 1.93. The van der Waals surface area contributed by atoms with E-state index < -0.39 is 0 Å². The Morgan fingerprint density at radius 2 is 2.20 bits per heavy atom. The van der Waals surface area contributed by atoms with E-state index in [0.717, 1.165) is 12.8 Å². The molecule has 0 bridgehead atoms. The largest absolute Gasteiger partial charge is 0.392 e. The van der Waals surface area contributed by atoms with Crippen molar-refractivity contribution in [3.05, 3.63) is 36.5 Å². The van der Waals surface area contributed by atoms with Gasteiger partial charge in [0.1, 0.15) is 0 Å². The quantitative estimate of drug-likeness (QED) is 0.685. The zero-order valence-corrected chi connectivity index (χ0v) is 9.28. The third-order valence-corrected chi connectivity index (χ3v) is 3.99. The summed E-state index contributed by atoms with van der Waals surface area (Å²) in [5.74, 6) is 1.78. The van der Waals surface area contributed by atoms with Crippen LogP contribution in [0.5, 0.6) is 0 Å². The van der Waals surface area contributed by atoms with Crippen LogP contribution < -0.4 is 0 Å². The number of aliphatic hydroxyl groups is 1. The van der Waals surface area contributed by atoms with Crippen LogP contribution in [0.3, 0.4) is 0 Å². The number of rotatable bonds is 2. The van der Waals surface area contributed by atoms with Gasteiger partial charge in [0, 0.05) is 0 Å². The van der Waals surface area contributed by atoms with Crippen LogP contribution in [0.2, 0.25) is 0 Å². The maximum absolute atomic E-state index is 9.19. The first-order chi connectivity index (χ1) is 7.26. The summed E-state index contributed by atoms with van der Waals surface area (Å²) in [6.45, 7) is 8.34. The molecule has 2 rings (SSSR count). The van der Waals surface area contributed by atoms with Gasteiger partial charge in [-0.3, -0.25) is 0 Å². The van der Waals surface area contributed by atoms with E-state index in [-0.39, 0.29) is 6.61 Å². The smallest absolute Gasteiger partial charge is 0.0641 e. The van der Waals surface area contributed by atoms with Crippen LogP contribution in [0.4, 0.5) is 0 Å². The van der Waals surface area contributed by atoms with E-state index in [4.69, 9.17) is 0 Å². The maximum atomic E-state index is 9.19. The van der Waals surface area contributed by atoms with Gasteiger partial charge in [-0.2, -0.15) is 0 Å². The minimum atomic E-state index is 0.222. The molecule has 1 saturated carbocycles. The Morgan fingerprint density at radius 1 is 1.40 bits per heavy atom. The van der Waals surface area contributed by atoms with E-state index in [1.54, 1.807) is 0 Å².